The van der Waals surface area contributed by atoms with Crippen LogP contribution < -0.4 is 10.6 Å². The van der Waals surface area contributed by atoms with E-state index in [1.54, 1.807) is 12.4 Å². The number of nitrogens with zero attached hydrogens (tertiary/aromatic N) is 4. The standard InChI is InChI=1S/C46H60F2N8O6/c1-45(2,3)39(53-43(59)35-21-31(47)25-55(35)37(57)17-19-61-7)41-49-23-33(51-41)29-13-9-27(10-14-29)28-11-15-30(16-12-28)34-24-50-42(52-34)40(46(4,5)6)54-44(60)36-22-32(48)26-56(36)38(58)18-20-62-8/h9-16,23-24,31-32,35-36,39-40H,17-22,25-26H2,1-8H3,(H,49,51)(H,50,52)(H,53,59)(H,54,60)/t31-,32-,35+,36+,39-,40-/m1/s1. The highest BCUT2D eigenvalue weighted by atomic mass is 19.1. The number of aromatic amines is 2. The highest BCUT2D eigenvalue weighted by molar-refractivity contribution is 5.89. The van der Waals surface area contributed by atoms with Crippen LogP contribution in [0.4, 0.5) is 8.78 Å². The maximum atomic E-state index is 14.5. The predicted octanol–water partition coefficient (Wildman–Crippen LogP) is 6.49. The molecule has 62 heavy (non-hydrogen) atoms. The van der Waals surface area contributed by atoms with Crippen LogP contribution in [0.5, 0.6) is 0 Å². The third kappa shape index (κ3) is 10.8. The molecular weight excluding hydrogens is 799 g/mol. The summed E-state index contributed by atoms with van der Waals surface area (Å²) < 4.78 is 39.0. The second kappa shape index (κ2) is 19.3. The van der Waals surface area contributed by atoms with E-state index in [4.69, 9.17) is 9.47 Å². The van der Waals surface area contributed by atoms with Gasteiger partial charge in [0.2, 0.25) is 23.6 Å². The fourth-order valence-electron chi connectivity index (χ4n) is 8.10. The Balaban J connectivity index is 1.11. The summed E-state index contributed by atoms with van der Waals surface area (Å²) in [6.45, 7) is 12.0. The summed E-state index contributed by atoms with van der Waals surface area (Å²) in [7, 11) is 2.98. The van der Waals surface area contributed by atoms with Gasteiger partial charge in [-0.3, -0.25) is 19.2 Å². The quantitative estimate of drug-likeness (QED) is 0.105. The third-order valence-corrected chi connectivity index (χ3v) is 11.6. The number of likely N-dealkylation sites (tertiary alicyclic amines) is 2. The number of aromatic nitrogens is 4. The number of benzene rings is 2. The van der Waals surface area contributed by atoms with Crippen LogP contribution in [0.2, 0.25) is 0 Å². The first-order chi connectivity index (χ1) is 29.4. The van der Waals surface area contributed by atoms with Crippen molar-refractivity contribution < 1.29 is 37.4 Å². The number of ether oxygens (including phenoxy) is 2. The number of methoxy groups -OCH3 is 2. The molecule has 334 valence electrons. The van der Waals surface area contributed by atoms with Gasteiger partial charge < -0.3 is 39.9 Å². The van der Waals surface area contributed by atoms with Crippen molar-refractivity contribution in [1.29, 1.82) is 0 Å². The van der Waals surface area contributed by atoms with Gasteiger partial charge in [0.15, 0.2) is 0 Å². The Labute approximate surface area is 361 Å². The predicted molar refractivity (Wildman–Crippen MR) is 231 cm³/mol. The Morgan fingerprint density at radius 2 is 0.984 bits per heavy atom. The van der Waals surface area contributed by atoms with E-state index < -0.39 is 59.2 Å². The molecule has 2 aromatic carbocycles. The van der Waals surface area contributed by atoms with Gasteiger partial charge in [-0.2, -0.15) is 0 Å². The van der Waals surface area contributed by atoms with Gasteiger partial charge in [0.25, 0.3) is 0 Å². The number of amides is 4. The van der Waals surface area contributed by atoms with Crippen molar-refractivity contribution >= 4 is 23.6 Å². The lowest BCUT2D eigenvalue weighted by molar-refractivity contribution is -0.139. The van der Waals surface area contributed by atoms with Crippen molar-refractivity contribution in [3.05, 3.63) is 72.6 Å². The minimum atomic E-state index is -1.28. The lowest BCUT2D eigenvalue weighted by Gasteiger charge is -2.32. The molecule has 0 radical (unpaired) electrons. The van der Waals surface area contributed by atoms with Gasteiger partial charge in [0.05, 0.1) is 75.0 Å². The molecule has 2 saturated heterocycles. The van der Waals surface area contributed by atoms with Gasteiger partial charge in [-0.05, 0) is 33.1 Å². The molecule has 2 fully saturated rings. The van der Waals surface area contributed by atoms with Crippen molar-refractivity contribution in [1.82, 2.24) is 40.4 Å². The van der Waals surface area contributed by atoms with E-state index in [1.165, 1.54) is 24.0 Å². The van der Waals surface area contributed by atoms with Crippen LogP contribution >= 0.6 is 0 Å². The molecule has 0 spiro atoms. The molecule has 0 unspecified atom stereocenters. The Hall–Kier alpha value is -5.48. The minimum absolute atomic E-state index is 0.0604. The van der Waals surface area contributed by atoms with Crippen LogP contribution in [0.25, 0.3) is 33.6 Å². The number of rotatable bonds is 15. The summed E-state index contributed by atoms with van der Waals surface area (Å²) in [5.74, 6) is -0.384. The number of hydrogen-bond acceptors (Lipinski definition) is 8. The smallest absolute Gasteiger partial charge is 0.243 e. The minimum Gasteiger partial charge on any atom is -0.384 e. The summed E-state index contributed by atoms with van der Waals surface area (Å²) >= 11 is 0. The molecule has 4 amide bonds. The zero-order valence-electron chi connectivity index (χ0n) is 36.9. The fourth-order valence-corrected chi connectivity index (χ4v) is 8.10. The Bertz CT molecular complexity index is 2020. The van der Waals surface area contributed by atoms with E-state index in [1.807, 2.05) is 90.1 Å². The lowest BCUT2D eigenvalue weighted by atomic mass is 9.86. The molecule has 14 nitrogen and oxygen atoms in total. The second-order valence-electron chi connectivity index (χ2n) is 18.4. The van der Waals surface area contributed by atoms with Crippen LogP contribution in [-0.4, -0.2) is 118 Å². The molecule has 2 aliphatic heterocycles. The van der Waals surface area contributed by atoms with Gasteiger partial charge in [-0.1, -0.05) is 90.1 Å². The van der Waals surface area contributed by atoms with Crippen molar-refractivity contribution in [3.8, 4) is 33.6 Å². The zero-order chi connectivity index (χ0) is 44.9. The number of H-pyrrole nitrogens is 2. The number of halogens is 2. The van der Waals surface area contributed by atoms with E-state index in [0.717, 1.165) is 33.6 Å². The zero-order valence-corrected chi connectivity index (χ0v) is 36.9. The molecule has 6 atom stereocenters. The van der Waals surface area contributed by atoms with Crippen molar-refractivity contribution in [2.45, 2.75) is 104 Å². The van der Waals surface area contributed by atoms with Crippen LogP contribution in [0.1, 0.15) is 91.0 Å². The normalized spacial score (nSPS) is 20.3. The number of carbonyl (C=O) groups is 4. The summed E-state index contributed by atoms with van der Waals surface area (Å²) in [4.78, 5) is 71.4. The molecule has 6 rings (SSSR count). The fraction of sp³-hybridized carbons (Fsp3) is 0.522. The number of hydrogen-bond donors (Lipinski definition) is 4. The molecule has 16 heteroatoms. The first-order valence-electron chi connectivity index (χ1n) is 21.1. The molecule has 4 aromatic rings. The Kier molecular flexibility index (Phi) is 14.3. The highest BCUT2D eigenvalue weighted by Gasteiger charge is 2.43. The number of alkyl halides is 2. The van der Waals surface area contributed by atoms with E-state index in [-0.39, 0.29) is 63.8 Å². The summed E-state index contributed by atoms with van der Waals surface area (Å²) in [5.41, 5.74) is 4.35. The van der Waals surface area contributed by atoms with E-state index >= 15 is 0 Å². The first kappa shape index (κ1) is 46.0. The van der Waals surface area contributed by atoms with Crippen molar-refractivity contribution in [2.24, 2.45) is 10.8 Å². The summed E-state index contributed by atoms with van der Waals surface area (Å²) in [6, 6.07) is 13.1. The number of carbonyl (C=O) groups excluding carboxylic acids is 4. The second-order valence-corrected chi connectivity index (χ2v) is 18.4. The van der Waals surface area contributed by atoms with Crippen LogP contribution in [0.3, 0.4) is 0 Å². The maximum absolute atomic E-state index is 14.5. The van der Waals surface area contributed by atoms with E-state index in [9.17, 15) is 28.0 Å². The van der Waals surface area contributed by atoms with Gasteiger partial charge in [0.1, 0.15) is 36.1 Å². The maximum Gasteiger partial charge on any atom is 0.243 e. The third-order valence-electron chi connectivity index (χ3n) is 11.6. The van der Waals surface area contributed by atoms with Crippen LogP contribution in [-0.2, 0) is 28.7 Å². The largest absolute Gasteiger partial charge is 0.384 e. The molecule has 0 aliphatic carbocycles. The van der Waals surface area contributed by atoms with Gasteiger partial charge in [-0.25, -0.2) is 18.7 Å². The molecule has 4 N–H and O–H groups in total. The lowest BCUT2D eigenvalue weighted by Crippen LogP contribution is -2.49. The summed E-state index contributed by atoms with van der Waals surface area (Å²) in [5, 5.41) is 6.11. The van der Waals surface area contributed by atoms with Gasteiger partial charge in [0, 0.05) is 27.1 Å². The molecule has 0 saturated carbocycles. The van der Waals surface area contributed by atoms with Crippen molar-refractivity contribution in [3.63, 3.8) is 0 Å². The molecule has 4 heterocycles. The molecule has 2 aromatic heterocycles. The topological polar surface area (TPSA) is 175 Å². The monoisotopic (exact) mass is 858 g/mol. The molecular formula is C46H60F2N8O6. The van der Waals surface area contributed by atoms with E-state index in [2.05, 4.69) is 30.6 Å². The van der Waals surface area contributed by atoms with E-state index in [0.29, 0.717) is 11.6 Å². The van der Waals surface area contributed by atoms with Crippen molar-refractivity contribution in [2.75, 3.05) is 40.5 Å². The SMILES string of the molecule is COCCC(=O)N1C[C@H](F)C[C@H]1C(=O)N[C@H](c1ncc(-c2ccc(-c3ccc(-c4cnc([C@@H](NC(=O)[C@@H]5C[C@@H](F)CN5C(=O)CCOC)C(C)(C)C)[nH]4)cc3)cc2)[nH]1)C(C)(C)C. The highest BCUT2D eigenvalue weighted by Crippen LogP contribution is 2.36. The molecule has 2 aliphatic rings. The van der Waals surface area contributed by atoms with Gasteiger partial charge in [-0.15, -0.1) is 0 Å². The number of imidazole rings is 2. The number of nitrogens with one attached hydrogen (secondary N) is 4. The van der Waals surface area contributed by atoms with Crippen LogP contribution in [0.15, 0.2) is 60.9 Å². The first-order valence-corrected chi connectivity index (χ1v) is 21.1. The average Bonchev–Trinajstić information content (AvgIpc) is 4.06. The molecule has 0 bridgehead atoms. The Morgan fingerprint density at radius 3 is 1.31 bits per heavy atom. The van der Waals surface area contributed by atoms with Gasteiger partial charge >= 0.3 is 0 Å². The summed E-state index contributed by atoms with van der Waals surface area (Å²) in [6.07, 6.45) is 0.908. The Morgan fingerprint density at radius 1 is 0.645 bits per heavy atom. The van der Waals surface area contributed by atoms with Crippen LogP contribution in [0, 0.1) is 10.8 Å². The average molecular weight is 859 g/mol.